The third-order valence-corrected chi connectivity index (χ3v) is 3.87. The summed E-state index contributed by atoms with van der Waals surface area (Å²) in [6, 6.07) is 2.06. The van der Waals surface area contributed by atoms with Crippen LogP contribution in [0.5, 0.6) is 0 Å². The number of hydrogen-bond donors (Lipinski definition) is 1. The lowest BCUT2D eigenvalue weighted by atomic mass is 10.2. The number of hydrogen-bond acceptors (Lipinski definition) is 6. The normalized spacial score (nSPS) is 12.7. The van der Waals surface area contributed by atoms with E-state index >= 15 is 0 Å². The van der Waals surface area contributed by atoms with Gasteiger partial charge in [-0.3, -0.25) is 14.5 Å². The Hall–Kier alpha value is -3.38. The van der Waals surface area contributed by atoms with Crippen LogP contribution in [0.4, 0.5) is 17.6 Å². The molecule has 13 heteroatoms. The molecular formula is C16H16F4N8O. The fourth-order valence-electron chi connectivity index (χ4n) is 2.38. The van der Waals surface area contributed by atoms with E-state index in [1.165, 1.54) is 27.8 Å². The predicted octanol–water partition coefficient (Wildman–Crippen LogP) is 1.64. The molecule has 1 N–H and O–H groups in total. The molecule has 0 radical (unpaired) electrons. The maximum absolute atomic E-state index is 13.9. The molecule has 3 aromatic rings. The number of aromatic nitrogens is 7. The fraction of sp³-hybridized carbons (Fsp3) is 0.375. The van der Waals surface area contributed by atoms with Gasteiger partial charge in [0.05, 0.1) is 18.9 Å². The van der Waals surface area contributed by atoms with E-state index in [0.717, 1.165) is 12.3 Å². The second-order valence-corrected chi connectivity index (χ2v) is 6.11. The second kappa shape index (κ2) is 8.75. The number of carbonyl (C=O) groups excluding carboxylic acids is 1. The van der Waals surface area contributed by atoms with Crippen LogP contribution in [0.25, 0.3) is 0 Å². The topological polar surface area (TPSA) is 103 Å². The zero-order chi connectivity index (χ0) is 20.9. The van der Waals surface area contributed by atoms with Crippen molar-refractivity contribution in [3.05, 3.63) is 53.9 Å². The summed E-state index contributed by atoms with van der Waals surface area (Å²) in [7, 11) is 0. The maximum atomic E-state index is 13.9. The van der Waals surface area contributed by atoms with Crippen molar-refractivity contribution < 1.29 is 22.4 Å². The van der Waals surface area contributed by atoms with E-state index in [1.54, 1.807) is 6.20 Å². The van der Waals surface area contributed by atoms with Gasteiger partial charge < -0.3 is 5.32 Å². The summed E-state index contributed by atoms with van der Waals surface area (Å²) in [4.78, 5) is 15.4. The minimum Gasteiger partial charge on any atom is -0.346 e. The van der Waals surface area contributed by atoms with Crippen LogP contribution < -0.4 is 5.32 Å². The molecule has 0 aliphatic carbocycles. The average molecular weight is 412 g/mol. The van der Waals surface area contributed by atoms with Crippen LogP contribution in [0.1, 0.15) is 28.2 Å². The fourth-order valence-corrected chi connectivity index (χ4v) is 2.38. The lowest BCUT2D eigenvalue weighted by molar-refractivity contribution is -0.141. The standard InChI is InChI=1S/C16H16F4N8O/c17-12(9-28-6-4-23-25-28)3-5-27-10-13(24-26-27)15(29)22-8-11-1-2-14(21-7-11)16(18,19)20/h1-2,4,6-7,10,12H,3,5,8-9H2,(H,22,29). The third kappa shape index (κ3) is 5.80. The highest BCUT2D eigenvalue weighted by Gasteiger charge is 2.32. The Kier molecular flexibility index (Phi) is 6.14. The summed E-state index contributed by atoms with van der Waals surface area (Å²) in [5.74, 6) is -0.560. The molecule has 1 atom stereocenters. The molecule has 0 aromatic carbocycles. The molecule has 3 rings (SSSR count). The molecule has 0 spiro atoms. The highest BCUT2D eigenvalue weighted by atomic mass is 19.4. The first-order valence-corrected chi connectivity index (χ1v) is 8.50. The first-order valence-electron chi connectivity index (χ1n) is 8.50. The largest absolute Gasteiger partial charge is 0.433 e. The van der Waals surface area contributed by atoms with Crippen LogP contribution in [0.2, 0.25) is 0 Å². The molecule has 1 unspecified atom stereocenters. The monoisotopic (exact) mass is 412 g/mol. The van der Waals surface area contributed by atoms with Gasteiger partial charge in [0.1, 0.15) is 11.9 Å². The number of rotatable bonds is 8. The Labute approximate surface area is 161 Å². The van der Waals surface area contributed by atoms with Crippen LogP contribution in [-0.4, -0.2) is 47.1 Å². The van der Waals surface area contributed by atoms with Crippen molar-refractivity contribution in [3.63, 3.8) is 0 Å². The van der Waals surface area contributed by atoms with Crippen molar-refractivity contribution in [3.8, 4) is 0 Å². The van der Waals surface area contributed by atoms with Gasteiger partial charge in [0.25, 0.3) is 5.91 Å². The number of amides is 1. The quantitative estimate of drug-likeness (QED) is 0.565. The summed E-state index contributed by atoms with van der Waals surface area (Å²) in [6.45, 7) is 0.240. The summed E-state index contributed by atoms with van der Waals surface area (Å²) in [5, 5.41) is 17.3. The zero-order valence-electron chi connectivity index (χ0n) is 14.9. The van der Waals surface area contributed by atoms with Crippen molar-refractivity contribution in [1.82, 2.24) is 40.3 Å². The molecule has 9 nitrogen and oxygen atoms in total. The maximum Gasteiger partial charge on any atom is 0.433 e. The highest BCUT2D eigenvalue weighted by molar-refractivity contribution is 5.91. The first kappa shape index (κ1) is 20.4. The Bertz CT molecular complexity index is 923. The summed E-state index contributed by atoms with van der Waals surface area (Å²) in [5.41, 5.74) is -0.603. The lowest BCUT2D eigenvalue weighted by Gasteiger charge is -2.07. The summed E-state index contributed by atoms with van der Waals surface area (Å²) < 4.78 is 54.1. The Morgan fingerprint density at radius 1 is 1.21 bits per heavy atom. The minimum absolute atomic E-state index is 0.0107. The van der Waals surface area contributed by atoms with E-state index in [2.05, 4.69) is 30.9 Å². The van der Waals surface area contributed by atoms with Crippen LogP contribution >= 0.6 is 0 Å². The average Bonchev–Trinajstić information content (AvgIpc) is 3.36. The minimum atomic E-state index is -4.52. The van der Waals surface area contributed by atoms with Gasteiger partial charge in [0, 0.05) is 31.9 Å². The van der Waals surface area contributed by atoms with Crippen molar-refractivity contribution in [1.29, 1.82) is 0 Å². The Morgan fingerprint density at radius 3 is 2.69 bits per heavy atom. The van der Waals surface area contributed by atoms with Gasteiger partial charge >= 0.3 is 6.18 Å². The van der Waals surface area contributed by atoms with Crippen molar-refractivity contribution in [2.45, 2.75) is 38.4 Å². The smallest absolute Gasteiger partial charge is 0.346 e. The van der Waals surface area contributed by atoms with Crippen molar-refractivity contribution >= 4 is 5.91 Å². The summed E-state index contributed by atoms with van der Waals surface area (Å²) >= 11 is 0. The number of halogens is 4. The van der Waals surface area contributed by atoms with Crippen LogP contribution in [0.3, 0.4) is 0 Å². The number of carbonyl (C=O) groups is 1. The molecule has 0 aliphatic rings. The van der Waals surface area contributed by atoms with Crippen molar-refractivity contribution in [2.75, 3.05) is 0 Å². The first-order chi connectivity index (χ1) is 13.8. The second-order valence-electron chi connectivity index (χ2n) is 6.11. The van der Waals surface area contributed by atoms with E-state index in [0.29, 0.717) is 5.56 Å². The Balaban J connectivity index is 1.46. The van der Waals surface area contributed by atoms with Crippen LogP contribution in [0.15, 0.2) is 36.9 Å². The number of alkyl halides is 4. The lowest BCUT2D eigenvalue weighted by Crippen LogP contribution is -2.23. The predicted molar refractivity (Wildman–Crippen MR) is 90.0 cm³/mol. The van der Waals surface area contributed by atoms with Crippen LogP contribution in [-0.2, 0) is 25.8 Å². The molecule has 0 fully saturated rings. The van der Waals surface area contributed by atoms with Crippen LogP contribution in [0, 0.1) is 0 Å². The van der Waals surface area contributed by atoms with Gasteiger partial charge in [0.2, 0.25) is 0 Å². The molecule has 3 heterocycles. The van der Waals surface area contributed by atoms with Gasteiger partial charge in [-0.05, 0) is 11.6 Å². The molecule has 1 amide bonds. The Morgan fingerprint density at radius 2 is 2.03 bits per heavy atom. The van der Waals surface area contributed by atoms with E-state index in [9.17, 15) is 22.4 Å². The molecule has 0 saturated carbocycles. The van der Waals surface area contributed by atoms with Gasteiger partial charge in [-0.2, -0.15) is 13.2 Å². The molecule has 29 heavy (non-hydrogen) atoms. The van der Waals surface area contributed by atoms with E-state index in [4.69, 9.17) is 0 Å². The van der Waals surface area contributed by atoms with Gasteiger partial charge in [-0.15, -0.1) is 10.2 Å². The van der Waals surface area contributed by atoms with Gasteiger partial charge in [0.15, 0.2) is 5.69 Å². The van der Waals surface area contributed by atoms with Crippen molar-refractivity contribution in [2.24, 2.45) is 0 Å². The van der Waals surface area contributed by atoms with E-state index in [-0.39, 0.29) is 31.7 Å². The SMILES string of the molecule is O=C(NCc1ccc(C(F)(F)F)nc1)c1cn(CCC(F)Cn2ccnn2)nn1. The molecule has 154 valence electrons. The molecular weight excluding hydrogens is 396 g/mol. The molecule has 0 saturated heterocycles. The third-order valence-electron chi connectivity index (χ3n) is 3.87. The van der Waals surface area contributed by atoms with Gasteiger partial charge in [-0.25, -0.2) is 9.07 Å². The van der Waals surface area contributed by atoms with E-state index < -0.39 is 23.9 Å². The molecule has 0 bridgehead atoms. The van der Waals surface area contributed by atoms with Gasteiger partial charge in [-0.1, -0.05) is 16.5 Å². The highest BCUT2D eigenvalue weighted by Crippen LogP contribution is 2.27. The number of nitrogens with one attached hydrogen (secondary N) is 1. The molecule has 0 aliphatic heterocycles. The number of nitrogens with zero attached hydrogens (tertiary/aromatic N) is 7. The molecule has 3 aromatic heterocycles. The summed E-state index contributed by atoms with van der Waals surface area (Å²) in [6.07, 6.45) is -0.147. The number of pyridine rings is 1. The zero-order valence-corrected chi connectivity index (χ0v) is 14.9. The number of aryl methyl sites for hydroxylation is 1. The van der Waals surface area contributed by atoms with E-state index in [1.807, 2.05) is 0 Å².